The van der Waals surface area contributed by atoms with E-state index in [0.717, 1.165) is 17.4 Å². The molecule has 42 heteroatoms. The number of nitrogens with zero attached hydrogens (tertiary/aromatic N) is 6. The fraction of sp³-hybridized carbons (Fsp3) is 0.597. The minimum atomic E-state index is -1.80. The van der Waals surface area contributed by atoms with E-state index in [0.29, 0.717) is 61.2 Å². The first kappa shape index (κ1) is 112. The Labute approximate surface area is 662 Å². The Morgan fingerprint density at radius 1 is 0.544 bits per heavy atom. The molecule has 4 aromatic heterocycles. The van der Waals surface area contributed by atoms with Crippen molar-refractivity contribution in [1.29, 1.82) is 0 Å². The zero-order chi connectivity index (χ0) is 86.3. The molecular formula is C72H117N9O33. The second kappa shape index (κ2) is 63.5. The Hall–Kier alpha value is -11.0. The number of hydrogen-bond donors (Lipinski definition) is 3. The quantitative estimate of drug-likeness (QED) is 0.00588. The molecule has 0 aliphatic carbocycles. The van der Waals surface area contributed by atoms with Crippen LogP contribution in [-0.2, 0) is 109 Å². The summed E-state index contributed by atoms with van der Waals surface area (Å²) in [6, 6.07) is 3.31. The number of rotatable bonds is 34. The number of fused-ring (bicyclic) bond motifs is 1. The smallest absolute Gasteiger partial charge is 0.413 e. The Balaban J connectivity index is -0.000000408. The lowest BCUT2D eigenvalue weighted by atomic mass is 10.1. The molecule has 1 aliphatic rings. The molecule has 1 aliphatic heterocycles. The molecule has 6 unspecified atom stereocenters. The lowest BCUT2D eigenvalue weighted by molar-refractivity contribution is -0.529. The van der Waals surface area contributed by atoms with E-state index in [2.05, 4.69) is 34.0 Å². The second-order valence-electron chi connectivity index (χ2n) is 21.2. The van der Waals surface area contributed by atoms with Crippen LogP contribution in [0.4, 0.5) is 0 Å². The molecule has 4 N–H and O–H groups in total. The summed E-state index contributed by atoms with van der Waals surface area (Å²) in [5.74, 6) is -6.79. The number of aryl methyl sites for hydroxylation is 4. The number of nitrogens with two attached hydrogens (primary N) is 1. The van der Waals surface area contributed by atoms with Crippen LogP contribution in [0.2, 0.25) is 0 Å². The Bertz CT molecular complexity index is 3570. The number of aromatic amines is 1. The van der Waals surface area contributed by atoms with Crippen molar-refractivity contribution in [3.05, 3.63) is 136 Å². The zero-order valence-corrected chi connectivity index (χ0v) is 67.2. The highest BCUT2D eigenvalue weighted by Crippen LogP contribution is 2.28. The molecule has 0 bridgehead atoms. The van der Waals surface area contributed by atoms with Gasteiger partial charge in [-0.2, -0.15) is 0 Å². The number of ether oxygens (including phenoxy) is 16. The van der Waals surface area contributed by atoms with Crippen LogP contribution in [0.1, 0.15) is 195 Å². The van der Waals surface area contributed by atoms with Gasteiger partial charge >= 0.3 is 71.4 Å². The maximum atomic E-state index is 12.0. The third-order valence-electron chi connectivity index (χ3n) is 13.3. The summed E-state index contributed by atoms with van der Waals surface area (Å²) in [5.41, 5.74) is 9.69. The number of nitro groups is 3. The molecule has 0 spiro atoms. The average Bonchev–Trinajstić information content (AvgIpc) is 1.57. The SMILES string of the molecule is C.C.CC(=O)OC(C)=O.CCO/C=C(/C(=O)OCC)[N+](=O)[O-].CCOC(=O)C(C(OCC)n1ccc(C)c1C(=O)OC)[N+](=O)[O-].CCOC(=O)C(N)C(OCC)n1ccc(C)c1C(=O)OC.CCOC(=O)C1NC(=O)c2c(C)ccn2C1OCC.CCOC(=O)C[N+](=O)[O-].CCOC(OCC)OCC.COC(=O)c1[nH]ccc1C. The standard InChI is InChI=1S/C14H20N2O7.C14H22N2O5.C13H18N2O4.C7H11NO5.C7H9NO2.C7H16O3.C4H7NO4.C4H6O3.2CH4/c1-5-22-12(11(16(19)20)14(18)23-6-2)15-8-7-9(3)10(15)13(17)21-4;1-5-20-12(10(15)13(17)21-6-2)16-8-7-9(3)11(16)14(18)19-4;1-4-18-12-9(13(17)19-5-2)14-11(16)10-8(3)6-7-15(10)12;1-3-12-5-6(8(10)11)7(9)13-4-2;1-5-3-4-8-6(5)7(9)10-2;1-4-8-7(9-5-2)10-6-3;1-2-9-4(6)3-5(7)8;1-3(5)7-4(2)6;;/h7-8,11-12H,5-6H2,1-4H3;7-8,10,12H,5-6,15H2,1-4H3;6-7,9,12H,4-5H2,1-3H3,(H,14,16);5H,3-4H2,1-2H3;3-4,8H,1-2H3;7H,4-6H2,1-3H3;2-3H2,1H3;1-2H3;2*1H4/b;;;6-5-;;;;;;. The molecule has 0 saturated heterocycles. The van der Waals surface area contributed by atoms with Gasteiger partial charge in [-0.05, 0) is 157 Å². The average molecular weight is 1640 g/mol. The van der Waals surface area contributed by atoms with Crippen molar-refractivity contribution >= 4 is 65.6 Å². The van der Waals surface area contributed by atoms with Crippen molar-refractivity contribution < 1.29 is 143 Å². The molecule has 0 saturated carbocycles. The summed E-state index contributed by atoms with van der Waals surface area (Å²) in [6.07, 6.45) is 4.62. The first-order chi connectivity index (χ1) is 53.0. The molecule has 114 heavy (non-hydrogen) atoms. The molecule has 5 heterocycles. The summed E-state index contributed by atoms with van der Waals surface area (Å²) in [6.45, 7) is 32.8. The molecule has 4 aromatic rings. The third-order valence-corrected chi connectivity index (χ3v) is 13.3. The summed E-state index contributed by atoms with van der Waals surface area (Å²) in [5, 5.41) is 33.9. The molecule has 1 amide bonds. The van der Waals surface area contributed by atoms with Crippen LogP contribution in [0.25, 0.3) is 0 Å². The topological polar surface area (TPSA) is 534 Å². The third kappa shape index (κ3) is 40.9. The number of hydrogen-bond acceptors (Lipinski definition) is 34. The minimum Gasteiger partial charge on any atom is -0.494 e. The van der Waals surface area contributed by atoms with Gasteiger partial charge in [0.25, 0.3) is 18.9 Å². The van der Waals surface area contributed by atoms with Crippen LogP contribution in [0.5, 0.6) is 0 Å². The monoisotopic (exact) mass is 1640 g/mol. The van der Waals surface area contributed by atoms with Gasteiger partial charge in [0.1, 0.15) is 28.8 Å². The summed E-state index contributed by atoms with van der Waals surface area (Å²) in [7, 11) is 3.85. The van der Waals surface area contributed by atoms with E-state index in [-0.39, 0.29) is 78.7 Å². The van der Waals surface area contributed by atoms with Crippen LogP contribution < -0.4 is 11.1 Å². The number of aromatic nitrogens is 4. The van der Waals surface area contributed by atoms with Crippen LogP contribution in [-0.4, -0.2) is 231 Å². The van der Waals surface area contributed by atoms with E-state index in [1.54, 1.807) is 105 Å². The summed E-state index contributed by atoms with van der Waals surface area (Å²) < 4.78 is 82.1. The molecule has 648 valence electrons. The van der Waals surface area contributed by atoms with Crippen LogP contribution in [0.3, 0.4) is 0 Å². The number of H-pyrrole nitrogens is 1. The molecule has 6 atom stereocenters. The number of methoxy groups -OCH3 is 3. The highest BCUT2D eigenvalue weighted by Gasteiger charge is 2.44. The Morgan fingerprint density at radius 3 is 1.37 bits per heavy atom. The minimum absolute atomic E-state index is 0. The van der Waals surface area contributed by atoms with Gasteiger partial charge in [0.2, 0.25) is 6.23 Å². The highest BCUT2D eigenvalue weighted by atomic mass is 16.8. The van der Waals surface area contributed by atoms with Crippen LogP contribution >= 0.6 is 0 Å². The Morgan fingerprint density at radius 2 is 0.991 bits per heavy atom. The highest BCUT2D eigenvalue weighted by molar-refractivity contribution is 5.98. The zero-order valence-electron chi connectivity index (χ0n) is 67.2. The largest absolute Gasteiger partial charge is 0.494 e. The number of amides is 1. The van der Waals surface area contributed by atoms with E-state index in [1.807, 2.05) is 53.7 Å². The number of nitrogens with one attached hydrogen (secondary N) is 2. The van der Waals surface area contributed by atoms with Crippen molar-refractivity contribution in [3.63, 3.8) is 0 Å². The van der Waals surface area contributed by atoms with E-state index in [4.69, 9.17) is 57.8 Å². The first-order valence-electron chi connectivity index (χ1n) is 34.9. The number of carbonyl (C=O) groups is 11. The van der Waals surface area contributed by atoms with E-state index >= 15 is 0 Å². The van der Waals surface area contributed by atoms with Crippen LogP contribution in [0, 0.1) is 58.0 Å². The predicted octanol–water partition coefficient (Wildman–Crippen LogP) is 7.73. The normalized spacial score (nSPS) is 12.9. The Kier molecular flexibility index (Phi) is 62.1. The molecule has 0 fully saturated rings. The predicted molar refractivity (Wildman–Crippen MR) is 405 cm³/mol. The van der Waals surface area contributed by atoms with Crippen molar-refractivity contribution in [2.24, 2.45) is 5.73 Å². The van der Waals surface area contributed by atoms with Crippen molar-refractivity contribution in [2.75, 3.05) is 107 Å². The first-order valence-corrected chi connectivity index (χ1v) is 34.9. The summed E-state index contributed by atoms with van der Waals surface area (Å²) >= 11 is 0. The second-order valence-corrected chi connectivity index (χ2v) is 21.2. The van der Waals surface area contributed by atoms with Gasteiger partial charge in [-0.1, -0.05) is 14.9 Å². The molecule has 0 aromatic carbocycles. The molecular weight excluding hydrogens is 1520 g/mol. The van der Waals surface area contributed by atoms with Gasteiger partial charge in [-0.25, -0.2) is 33.6 Å². The lowest BCUT2D eigenvalue weighted by Gasteiger charge is -2.32. The number of carbonyl (C=O) groups excluding carboxylic acids is 11. The van der Waals surface area contributed by atoms with Gasteiger partial charge < -0.3 is 106 Å². The lowest BCUT2D eigenvalue weighted by Crippen LogP contribution is -2.53. The van der Waals surface area contributed by atoms with Gasteiger partial charge in [0.05, 0.1) is 65.9 Å². The fourth-order valence-electron chi connectivity index (χ4n) is 8.78. The van der Waals surface area contributed by atoms with Gasteiger partial charge in [0.15, 0.2) is 24.8 Å². The van der Waals surface area contributed by atoms with Crippen molar-refractivity contribution in [3.8, 4) is 0 Å². The summed E-state index contributed by atoms with van der Waals surface area (Å²) in [4.78, 5) is 155. The maximum Gasteiger partial charge on any atom is 0.413 e. The van der Waals surface area contributed by atoms with E-state index in [9.17, 15) is 83.1 Å². The molecule has 5 rings (SSSR count). The van der Waals surface area contributed by atoms with Crippen molar-refractivity contribution in [1.82, 2.24) is 24.0 Å². The molecule has 0 radical (unpaired) electrons. The van der Waals surface area contributed by atoms with Gasteiger partial charge in [-0.15, -0.1) is 0 Å². The van der Waals surface area contributed by atoms with Gasteiger partial charge in [0, 0.05) is 88.1 Å². The van der Waals surface area contributed by atoms with E-state index in [1.165, 1.54) is 50.5 Å². The van der Waals surface area contributed by atoms with Gasteiger partial charge in [-0.3, -0.25) is 49.5 Å². The fourth-order valence-corrected chi connectivity index (χ4v) is 8.78. The van der Waals surface area contributed by atoms with Crippen LogP contribution in [0.15, 0.2) is 61.0 Å². The number of esters is 10. The maximum absolute atomic E-state index is 12.0. The van der Waals surface area contributed by atoms with Crippen molar-refractivity contribution in [2.45, 2.75) is 183 Å². The van der Waals surface area contributed by atoms with E-state index < -0.39 is 124 Å². The molecule has 42 nitrogen and oxygen atoms in total.